The molecule has 122 valence electrons. The summed E-state index contributed by atoms with van der Waals surface area (Å²) in [7, 11) is 0. The van der Waals surface area contributed by atoms with Crippen LogP contribution >= 0.6 is 0 Å². The van der Waals surface area contributed by atoms with Gasteiger partial charge in [-0.15, -0.1) is 0 Å². The lowest BCUT2D eigenvalue weighted by Gasteiger charge is -2.09. The summed E-state index contributed by atoms with van der Waals surface area (Å²) >= 11 is 0. The van der Waals surface area contributed by atoms with Gasteiger partial charge in [-0.25, -0.2) is 4.79 Å². The van der Waals surface area contributed by atoms with Crippen molar-refractivity contribution in [3.05, 3.63) is 39.4 Å². The molecular weight excluding hydrogens is 308 g/mol. The number of nitro benzene ring substituents is 1. The summed E-state index contributed by atoms with van der Waals surface area (Å²) < 4.78 is 9.51. The average Bonchev–Trinajstić information content (AvgIpc) is 2.89. The van der Waals surface area contributed by atoms with Crippen LogP contribution in [0.5, 0.6) is 0 Å². The van der Waals surface area contributed by atoms with Gasteiger partial charge < -0.3 is 14.8 Å². The zero-order valence-electron chi connectivity index (χ0n) is 12.2. The Balaban J connectivity index is 1.89. The fraction of sp³-hybridized carbons (Fsp3) is 0.357. The first-order valence-electron chi connectivity index (χ1n) is 6.78. The van der Waals surface area contributed by atoms with E-state index in [1.54, 1.807) is 0 Å². The van der Waals surface area contributed by atoms with Gasteiger partial charge in [-0.05, 0) is 19.1 Å². The molecule has 9 heteroatoms. The van der Waals surface area contributed by atoms with E-state index in [1.165, 1.54) is 25.1 Å². The number of rotatable bonds is 5. The Hall–Kier alpha value is -2.97. The lowest BCUT2D eigenvalue weighted by atomic mass is 10.1. The van der Waals surface area contributed by atoms with Gasteiger partial charge in [-0.2, -0.15) is 0 Å². The third-order valence-corrected chi connectivity index (χ3v) is 3.21. The molecule has 0 bridgehead atoms. The second kappa shape index (κ2) is 6.86. The molecule has 1 fully saturated rings. The lowest BCUT2D eigenvalue weighted by Crippen LogP contribution is -2.33. The highest BCUT2D eigenvalue weighted by Gasteiger charge is 2.30. The van der Waals surface area contributed by atoms with Gasteiger partial charge in [0.25, 0.3) is 11.6 Å². The quantitative estimate of drug-likeness (QED) is 0.475. The Morgan fingerprint density at radius 2 is 2.22 bits per heavy atom. The van der Waals surface area contributed by atoms with Crippen molar-refractivity contribution in [2.24, 2.45) is 0 Å². The van der Waals surface area contributed by atoms with Crippen molar-refractivity contribution in [2.75, 3.05) is 13.2 Å². The molecule has 1 aliphatic heterocycles. The van der Waals surface area contributed by atoms with Crippen LogP contribution < -0.4 is 5.32 Å². The zero-order chi connectivity index (χ0) is 17.0. The van der Waals surface area contributed by atoms with E-state index in [0.717, 1.165) is 0 Å². The van der Waals surface area contributed by atoms with Crippen LogP contribution in [0.4, 0.5) is 5.69 Å². The molecule has 2 rings (SSSR count). The Morgan fingerprint density at radius 1 is 1.48 bits per heavy atom. The van der Waals surface area contributed by atoms with Gasteiger partial charge in [0.15, 0.2) is 0 Å². The van der Waals surface area contributed by atoms with Crippen LogP contribution in [0, 0.1) is 17.0 Å². The predicted octanol–water partition coefficient (Wildman–Crippen LogP) is 0.492. The van der Waals surface area contributed by atoms with Gasteiger partial charge in [0.2, 0.25) is 6.10 Å². The normalized spacial score (nSPS) is 16.6. The number of nitrogens with one attached hydrogen (secondary N) is 1. The number of esters is 2. The third kappa shape index (κ3) is 4.02. The summed E-state index contributed by atoms with van der Waals surface area (Å²) in [6, 6.07) is 3.87. The Bertz CT molecular complexity index is 671. The number of benzene rings is 1. The summed E-state index contributed by atoms with van der Waals surface area (Å²) in [6.07, 6.45) is -0.638. The van der Waals surface area contributed by atoms with Crippen molar-refractivity contribution in [1.82, 2.24) is 5.32 Å². The van der Waals surface area contributed by atoms with Crippen molar-refractivity contribution in [2.45, 2.75) is 19.4 Å². The minimum Gasteiger partial charge on any atom is -0.463 e. The van der Waals surface area contributed by atoms with E-state index in [1.807, 2.05) is 0 Å². The van der Waals surface area contributed by atoms with E-state index in [2.05, 4.69) is 10.1 Å². The highest BCUT2D eigenvalue weighted by Crippen LogP contribution is 2.18. The smallest absolute Gasteiger partial charge is 0.347 e. The van der Waals surface area contributed by atoms with Gasteiger partial charge in [0, 0.05) is 23.6 Å². The minimum absolute atomic E-state index is 0.0966. The fourth-order valence-corrected chi connectivity index (χ4v) is 2.04. The number of carbonyl (C=O) groups is 3. The van der Waals surface area contributed by atoms with Gasteiger partial charge in [-0.3, -0.25) is 19.7 Å². The van der Waals surface area contributed by atoms with Crippen molar-refractivity contribution >= 4 is 23.5 Å². The van der Waals surface area contributed by atoms with Crippen LogP contribution in [0.3, 0.4) is 0 Å². The standard InChI is InChI=1S/C14H14N2O7/c1-8-6-9(2-3-10(8)16(20)21)13(18)15-7-12(17)23-11-4-5-22-14(11)19/h2-3,6,11H,4-5,7H2,1H3,(H,15,18)/t11-/m0/s1. The third-order valence-electron chi connectivity index (χ3n) is 3.21. The number of carbonyl (C=O) groups excluding carboxylic acids is 3. The number of ether oxygens (including phenoxy) is 2. The molecule has 1 amide bonds. The first-order valence-corrected chi connectivity index (χ1v) is 6.78. The van der Waals surface area contributed by atoms with E-state index < -0.39 is 35.4 Å². The largest absolute Gasteiger partial charge is 0.463 e. The summed E-state index contributed by atoms with van der Waals surface area (Å²) in [6.45, 7) is 1.29. The molecule has 0 aliphatic carbocycles. The molecule has 9 nitrogen and oxygen atoms in total. The molecule has 1 saturated heterocycles. The zero-order valence-corrected chi connectivity index (χ0v) is 12.2. The molecule has 1 heterocycles. The van der Waals surface area contributed by atoms with Crippen LogP contribution in [-0.2, 0) is 19.1 Å². The van der Waals surface area contributed by atoms with Gasteiger partial charge in [0.1, 0.15) is 6.54 Å². The molecule has 0 aromatic heterocycles. The number of nitro groups is 1. The molecule has 1 aliphatic rings. The molecule has 0 unspecified atom stereocenters. The number of aryl methyl sites for hydroxylation is 1. The van der Waals surface area contributed by atoms with Crippen LogP contribution in [-0.4, -0.2) is 42.0 Å². The molecular formula is C14H14N2O7. The Labute approximate surface area is 130 Å². The maximum atomic E-state index is 11.9. The average molecular weight is 322 g/mol. The monoisotopic (exact) mass is 322 g/mol. The highest BCUT2D eigenvalue weighted by molar-refractivity contribution is 5.96. The molecule has 1 atom stereocenters. The second-order valence-corrected chi connectivity index (χ2v) is 4.88. The fourth-order valence-electron chi connectivity index (χ4n) is 2.04. The summed E-state index contributed by atoms with van der Waals surface area (Å²) in [4.78, 5) is 44.8. The predicted molar refractivity (Wildman–Crippen MR) is 75.6 cm³/mol. The second-order valence-electron chi connectivity index (χ2n) is 4.88. The van der Waals surface area contributed by atoms with Crippen molar-refractivity contribution in [1.29, 1.82) is 0 Å². The van der Waals surface area contributed by atoms with Crippen LogP contribution in [0.15, 0.2) is 18.2 Å². The van der Waals surface area contributed by atoms with Crippen molar-refractivity contribution in [3.63, 3.8) is 0 Å². The number of cyclic esters (lactones) is 1. The lowest BCUT2D eigenvalue weighted by molar-refractivity contribution is -0.385. The van der Waals surface area contributed by atoms with Gasteiger partial charge >= 0.3 is 11.9 Å². The van der Waals surface area contributed by atoms with Crippen molar-refractivity contribution in [3.8, 4) is 0 Å². The van der Waals surface area contributed by atoms with E-state index in [4.69, 9.17) is 4.74 Å². The van der Waals surface area contributed by atoms with Crippen molar-refractivity contribution < 1.29 is 28.8 Å². The van der Waals surface area contributed by atoms with E-state index in [-0.39, 0.29) is 17.9 Å². The van der Waals surface area contributed by atoms with Crippen LogP contribution in [0.2, 0.25) is 0 Å². The first-order chi connectivity index (χ1) is 10.9. The number of amides is 1. The van der Waals surface area contributed by atoms with Gasteiger partial charge in [0.05, 0.1) is 11.5 Å². The Kier molecular flexibility index (Phi) is 4.89. The van der Waals surface area contributed by atoms with E-state index in [9.17, 15) is 24.5 Å². The minimum atomic E-state index is -0.930. The molecule has 1 aromatic rings. The summed E-state index contributed by atoms with van der Waals surface area (Å²) in [5.41, 5.74) is 0.417. The van der Waals surface area contributed by atoms with Gasteiger partial charge in [-0.1, -0.05) is 0 Å². The Morgan fingerprint density at radius 3 is 2.78 bits per heavy atom. The number of nitrogens with zero attached hydrogens (tertiary/aromatic N) is 1. The highest BCUT2D eigenvalue weighted by atomic mass is 16.6. The molecule has 1 aromatic carbocycles. The number of hydrogen-bond acceptors (Lipinski definition) is 7. The summed E-state index contributed by atoms with van der Waals surface area (Å²) in [5, 5.41) is 13.0. The first kappa shape index (κ1) is 16.4. The topological polar surface area (TPSA) is 125 Å². The number of hydrogen-bond donors (Lipinski definition) is 1. The van der Waals surface area contributed by atoms with E-state index in [0.29, 0.717) is 12.0 Å². The van der Waals surface area contributed by atoms with Crippen LogP contribution in [0.1, 0.15) is 22.3 Å². The van der Waals surface area contributed by atoms with Crippen LogP contribution in [0.25, 0.3) is 0 Å². The molecule has 0 spiro atoms. The van der Waals surface area contributed by atoms with E-state index >= 15 is 0 Å². The summed E-state index contributed by atoms with van der Waals surface area (Å²) in [5.74, 6) is -1.94. The molecule has 0 radical (unpaired) electrons. The molecule has 1 N–H and O–H groups in total. The molecule has 0 saturated carbocycles. The SMILES string of the molecule is Cc1cc(C(=O)NCC(=O)O[C@H]2CCOC2=O)ccc1[N+](=O)[O-]. The maximum absolute atomic E-state index is 11.9. The molecule has 23 heavy (non-hydrogen) atoms. The maximum Gasteiger partial charge on any atom is 0.347 e.